The number of carbonyl (C=O) groups excluding carboxylic acids is 1. The van der Waals surface area contributed by atoms with Crippen molar-refractivity contribution < 1.29 is 22.3 Å². The molecule has 0 bridgehead atoms. The zero-order valence-electron chi connectivity index (χ0n) is 19.5. The van der Waals surface area contributed by atoms with Crippen molar-refractivity contribution in [3.8, 4) is 5.75 Å². The summed E-state index contributed by atoms with van der Waals surface area (Å²) in [4.78, 5) is 14.9. The molecular formula is C25H28FN3O4S. The summed E-state index contributed by atoms with van der Waals surface area (Å²) in [5.74, 6) is -0.121. The second-order valence-corrected chi connectivity index (χ2v) is 9.73. The molecule has 0 heterocycles. The molecule has 0 aliphatic heterocycles. The number of nitrogens with zero attached hydrogens (tertiary/aromatic N) is 1. The Kier molecular flexibility index (Phi) is 7.90. The number of amides is 1. The molecule has 9 heteroatoms. The molecule has 0 aliphatic carbocycles. The maximum absolute atomic E-state index is 13.3. The average molecular weight is 486 g/mol. The lowest BCUT2D eigenvalue weighted by atomic mass is 10.0. The first-order valence-electron chi connectivity index (χ1n) is 10.6. The van der Waals surface area contributed by atoms with Gasteiger partial charge in [-0.1, -0.05) is 18.2 Å². The van der Waals surface area contributed by atoms with Gasteiger partial charge in [-0.15, -0.1) is 0 Å². The molecule has 3 aromatic carbocycles. The van der Waals surface area contributed by atoms with E-state index in [9.17, 15) is 17.6 Å². The van der Waals surface area contributed by atoms with E-state index in [4.69, 9.17) is 4.74 Å². The van der Waals surface area contributed by atoms with E-state index in [1.54, 1.807) is 49.4 Å². The van der Waals surface area contributed by atoms with Crippen molar-refractivity contribution in [1.82, 2.24) is 10.2 Å². The zero-order valence-corrected chi connectivity index (χ0v) is 20.3. The normalized spacial score (nSPS) is 12.3. The molecule has 3 aromatic rings. The molecule has 2 N–H and O–H groups in total. The molecule has 0 aliphatic rings. The fourth-order valence-corrected chi connectivity index (χ4v) is 4.54. The van der Waals surface area contributed by atoms with E-state index in [1.165, 1.54) is 31.4 Å². The van der Waals surface area contributed by atoms with Crippen LogP contribution in [0.2, 0.25) is 0 Å². The van der Waals surface area contributed by atoms with Crippen molar-refractivity contribution in [3.63, 3.8) is 0 Å². The number of nitrogens with one attached hydrogen (secondary N) is 2. The van der Waals surface area contributed by atoms with E-state index in [1.807, 2.05) is 19.0 Å². The minimum Gasteiger partial charge on any atom is -0.497 e. The first-order valence-corrected chi connectivity index (χ1v) is 12.1. The number of aryl methyl sites for hydroxylation is 1. The lowest BCUT2D eigenvalue weighted by Crippen LogP contribution is -2.35. The number of hydrogen-bond acceptors (Lipinski definition) is 5. The van der Waals surface area contributed by atoms with Crippen molar-refractivity contribution in [2.24, 2.45) is 0 Å². The number of likely N-dealkylation sites (N-methyl/N-ethyl adjacent to an activating group) is 1. The Morgan fingerprint density at radius 1 is 1.03 bits per heavy atom. The number of carbonyl (C=O) groups is 1. The van der Waals surface area contributed by atoms with Gasteiger partial charge >= 0.3 is 0 Å². The number of rotatable bonds is 9. The fourth-order valence-electron chi connectivity index (χ4n) is 3.45. The summed E-state index contributed by atoms with van der Waals surface area (Å²) >= 11 is 0. The maximum Gasteiger partial charge on any atom is 0.261 e. The van der Waals surface area contributed by atoms with Crippen molar-refractivity contribution >= 4 is 21.6 Å². The van der Waals surface area contributed by atoms with Gasteiger partial charge in [-0.3, -0.25) is 9.52 Å². The Morgan fingerprint density at radius 3 is 2.26 bits per heavy atom. The monoisotopic (exact) mass is 485 g/mol. The molecule has 0 fully saturated rings. The van der Waals surface area contributed by atoms with Gasteiger partial charge in [0.25, 0.3) is 15.9 Å². The molecule has 0 radical (unpaired) electrons. The van der Waals surface area contributed by atoms with Gasteiger partial charge in [0.05, 0.1) is 18.0 Å². The molecule has 3 rings (SSSR count). The zero-order chi connectivity index (χ0) is 24.9. The molecule has 1 atom stereocenters. The lowest BCUT2D eigenvalue weighted by molar-refractivity contribution is 0.0941. The molecule has 0 saturated heterocycles. The van der Waals surface area contributed by atoms with Crippen LogP contribution in [0.5, 0.6) is 5.75 Å². The van der Waals surface area contributed by atoms with Gasteiger partial charge in [-0.2, -0.15) is 0 Å². The van der Waals surface area contributed by atoms with E-state index in [-0.39, 0.29) is 28.9 Å². The summed E-state index contributed by atoms with van der Waals surface area (Å²) in [6, 6.07) is 16.8. The number of methoxy groups -OCH3 is 1. The van der Waals surface area contributed by atoms with E-state index in [2.05, 4.69) is 10.0 Å². The summed E-state index contributed by atoms with van der Waals surface area (Å²) in [5, 5.41) is 2.87. The lowest BCUT2D eigenvalue weighted by Gasteiger charge is -2.25. The first kappa shape index (κ1) is 25.2. The number of halogens is 1. The van der Waals surface area contributed by atoms with Gasteiger partial charge in [-0.25, -0.2) is 12.8 Å². The summed E-state index contributed by atoms with van der Waals surface area (Å²) in [5.41, 5.74) is 2.13. The van der Waals surface area contributed by atoms with Crippen LogP contribution in [-0.2, 0) is 10.0 Å². The van der Waals surface area contributed by atoms with Crippen LogP contribution in [-0.4, -0.2) is 47.0 Å². The van der Waals surface area contributed by atoms with Gasteiger partial charge in [0.1, 0.15) is 11.6 Å². The van der Waals surface area contributed by atoms with Crippen LogP contribution < -0.4 is 14.8 Å². The quantitative estimate of drug-likeness (QED) is 0.479. The maximum atomic E-state index is 13.3. The fraction of sp³-hybridized carbons (Fsp3) is 0.240. The highest BCUT2D eigenvalue weighted by molar-refractivity contribution is 7.92. The number of ether oxygens (including phenoxy) is 1. The number of hydrogen-bond donors (Lipinski definition) is 2. The predicted molar refractivity (Wildman–Crippen MR) is 130 cm³/mol. The second-order valence-electron chi connectivity index (χ2n) is 8.05. The Hall–Kier alpha value is -3.43. The van der Waals surface area contributed by atoms with Gasteiger partial charge < -0.3 is 15.0 Å². The van der Waals surface area contributed by atoms with Crippen LogP contribution in [0.4, 0.5) is 10.1 Å². The average Bonchev–Trinajstić information content (AvgIpc) is 2.80. The minimum atomic E-state index is -3.91. The molecule has 0 aromatic heterocycles. The van der Waals surface area contributed by atoms with Crippen molar-refractivity contribution in [3.05, 3.63) is 89.2 Å². The summed E-state index contributed by atoms with van der Waals surface area (Å²) < 4.78 is 46.7. The number of sulfonamides is 1. The molecule has 180 valence electrons. The third-order valence-corrected chi connectivity index (χ3v) is 6.82. The van der Waals surface area contributed by atoms with E-state index >= 15 is 0 Å². The number of benzene rings is 3. The molecular weight excluding hydrogens is 457 g/mol. The smallest absolute Gasteiger partial charge is 0.261 e. The van der Waals surface area contributed by atoms with Gasteiger partial charge in [0.2, 0.25) is 0 Å². The molecule has 1 unspecified atom stereocenters. The predicted octanol–water partition coefficient (Wildman–Crippen LogP) is 3.98. The van der Waals surface area contributed by atoms with Crippen molar-refractivity contribution in [2.75, 3.05) is 32.5 Å². The third kappa shape index (κ3) is 6.12. The highest BCUT2D eigenvalue weighted by Crippen LogP contribution is 2.22. The minimum absolute atomic E-state index is 0.0261. The molecule has 0 spiro atoms. The van der Waals surface area contributed by atoms with Crippen LogP contribution in [0.15, 0.2) is 71.6 Å². The standard InChI is InChI=1S/C25H28FN3O4S/c1-17-5-14-22(34(31,32)28-20-10-12-21(33-4)13-11-20)15-23(17)25(30)27-16-24(29(2)3)18-6-8-19(26)9-7-18/h5-15,24,28H,16H2,1-4H3,(H,27,30). The summed E-state index contributed by atoms with van der Waals surface area (Å²) in [6.45, 7) is 2.00. The van der Waals surface area contributed by atoms with Crippen molar-refractivity contribution in [2.45, 2.75) is 17.9 Å². The Balaban J connectivity index is 1.77. The van der Waals surface area contributed by atoms with Gasteiger partial charge in [0.15, 0.2) is 0 Å². The Bertz CT molecular complexity index is 1240. The van der Waals surface area contributed by atoms with Crippen LogP contribution in [0.1, 0.15) is 27.5 Å². The largest absolute Gasteiger partial charge is 0.497 e. The first-order chi connectivity index (χ1) is 16.1. The molecule has 7 nitrogen and oxygen atoms in total. The Morgan fingerprint density at radius 2 is 1.68 bits per heavy atom. The van der Waals surface area contributed by atoms with Crippen LogP contribution in [0.3, 0.4) is 0 Å². The van der Waals surface area contributed by atoms with Gasteiger partial charge in [-0.05, 0) is 80.7 Å². The van der Waals surface area contributed by atoms with Crippen molar-refractivity contribution in [1.29, 1.82) is 0 Å². The molecule has 34 heavy (non-hydrogen) atoms. The third-order valence-electron chi connectivity index (χ3n) is 5.44. The van der Waals surface area contributed by atoms with Crippen LogP contribution in [0.25, 0.3) is 0 Å². The summed E-state index contributed by atoms with van der Waals surface area (Å²) in [6.07, 6.45) is 0. The SMILES string of the molecule is COc1ccc(NS(=O)(=O)c2ccc(C)c(C(=O)NCC(c3ccc(F)cc3)N(C)C)c2)cc1. The van der Waals surface area contributed by atoms with E-state index in [0.717, 1.165) is 5.56 Å². The van der Waals surface area contributed by atoms with E-state index in [0.29, 0.717) is 17.0 Å². The topological polar surface area (TPSA) is 87.7 Å². The number of anilines is 1. The Labute approximate surface area is 199 Å². The molecule has 0 saturated carbocycles. The second kappa shape index (κ2) is 10.7. The van der Waals surface area contributed by atoms with E-state index < -0.39 is 15.9 Å². The highest BCUT2D eigenvalue weighted by atomic mass is 32.2. The summed E-state index contributed by atoms with van der Waals surface area (Å²) in [7, 11) is 1.34. The highest BCUT2D eigenvalue weighted by Gasteiger charge is 2.20. The van der Waals surface area contributed by atoms with Crippen LogP contribution in [0, 0.1) is 12.7 Å². The van der Waals surface area contributed by atoms with Gasteiger partial charge in [0, 0.05) is 17.8 Å². The molecule has 1 amide bonds. The van der Waals surface area contributed by atoms with Crippen LogP contribution >= 0.6 is 0 Å².